The number of benzene rings is 1. The molecule has 16 heavy (non-hydrogen) atoms. The maximum atomic E-state index is 3.28. The van der Waals surface area contributed by atoms with Gasteiger partial charge in [0, 0.05) is 18.8 Å². The van der Waals surface area contributed by atoms with Crippen molar-refractivity contribution in [2.45, 2.75) is 20.3 Å². The second-order valence-electron chi connectivity index (χ2n) is 4.90. The highest BCUT2D eigenvalue weighted by molar-refractivity contribution is 5.59. The lowest BCUT2D eigenvalue weighted by Crippen LogP contribution is -2.25. The van der Waals surface area contributed by atoms with Crippen LogP contribution in [0.25, 0.3) is 0 Å². The van der Waals surface area contributed by atoms with E-state index in [0.717, 1.165) is 12.5 Å². The second-order valence-corrected chi connectivity index (χ2v) is 4.90. The Hall–Kier alpha value is -1.02. The number of hydrogen-bond donors (Lipinski definition) is 1. The Labute approximate surface area is 98.7 Å². The third kappa shape index (κ3) is 2.22. The molecule has 0 saturated carbocycles. The third-order valence-corrected chi connectivity index (χ3v) is 3.53. The zero-order valence-electron chi connectivity index (χ0n) is 10.6. The van der Waals surface area contributed by atoms with Crippen molar-refractivity contribution < 1.29 is 0 Å². The van der Waals surface area contributed by atoms with Crippen LogP contribution in [-0.2, 0) is 0 Å². The van der Waals surface area contributed by atoms with Crippen LogP contribution < -0.4 is 10.2 Å². The van der Waals surface area contributed by atoms with Crippen molar-refractivity contribution in [2.24, 2.45) is 5.92 Å². The van der Waals surface area contributed by atoms with Gasteiger partial charge in [0.25, 0.3) is 0 Å². The first-order valence-electron chi connectivity index (χ1n) is 6.18. The summed E-state index contributed by atoms with van der Waals surface area (Å²) in [5.74, 6) is 0.809. The van der Waals surface area contributed by atoms with Crippen LogP contribution in [0, 0.1) is 19.8 Å². The van der Waals surface area contributed by atoms with Crippen molar-refractivity contribution >= 4 is 5.69 Å². The number of nitrogens with zero attached hydrogens (tertiary/aromatic N) is 1. The van der Waals surface area contributed by atoms with Gasteiger partial charge in [0.1, 0.15) is 0 Å². The first kappa shape index (κ1) is 11.5. The van der Waals surface area contributed by atoms with E-state index < -0.39 is 0 Å². The summed E-state index contributed by atoms with van der Waals surface area (Å²) in [5, 5.41) is 3.28. The minimum absolute atomic E-state index is 0.809. The fourth-order valence-corrected chi connectivity index (χ4v) is 2.80. The molecule has 0 spiro atoms. The Kier molecular flexibility index (Phi) is 3.49. The lowest BCUT2D eigenvalue weighted by molar-refractivity contribution is 0.549. The van der Waals surface area contributed by atoms with E-state index in [1.165, 1.54) is 36.3 Å². The fourth-order valence-electron chi connectivity index (χ4n) is 2.80. The third-order valence-electron chi connectivity index (χ3n) is 3.53. The lowest BCUT2D eigenvalue weighted by atomic mass is 10.1. The second kappa shape index (κ2) is 4.88. The number of anilines is 1. The van der Waals surface area contributed by atoms with Crippen LogP contribution >= 0.6 is 0 Å². The maximum Gasteiger partial charge on any atom is 0.0425 e. The zero-order chi connectivity index (χ0) is 11.5. The molecular weight excluding hydrogens is 196 g/mol. The van der Waals surface area contributed by atoms with Gasteiger partial charge >= 0.3 is 0 Å². The van der Waals surface area contributed by atoms with Gasteiger partial charge in [-0.1, -0.05) is 18.2 Å². The number of hydrogen-bond acceptors (Lipinski definition) is 2. The summed E-state index contributed by atoms with van der Waals surface area (Å²) < 4.78 is 0. The maximum absolute atomic E-state index is 3.28. The van der Waals surface area contributed by atoms with E-state index in [1.54, 1.807) is 0 Å². The monoisotopic (exact) mass is 218 g/mol. The molecule has 2 nitrogen and oxygen atoms in total. The summed E-state index contributed by atoms with van der Waals surface area (Å²) in [4.78, 5) is 2.55. The molecular formula is C14H22N2. The minimum atomic E-state index is 0.809. The molecule has 1 heterocycles. The summed E-state index contributed by atoms with van der Waals surface area (Å²) in [6.07, 6.45) is 1.31. The Morgan fingerprint density at radius 2 is 2.00 bits per heavy atom. The molecule has 0 amide bonds. The standard InChI is InChI=1S/C14H22N2/c1-11-5-4-6-12(2)14(11)16-8-7-13(10-16)9-15-3/h4-6,13,15H,7-10H2,1-3H3. The molecule has 1 aromatic rings. The van der Waals surface area contributed by atoms with Gasteiger partial charge in [-0.2, -0.15) is 0 Å². The molecule has 1 aliphatic rings. The van der Waals surface area contributed by atoms with E-state index >= 15 is 0 Å². The fraction of sp³-hybridized carbons (Fsp3) is 0.571. The molecule has 0 bridgehead atoms. The predicted octanol–water partition coefficient (Wildman–Crippen LogP) is 2.35. The van der Waals surface area contributed by atoms with Gasteiger partial charge in [0.05, 0.1) is 0 Å². The van der Waals surface area contributed by atoms with Crippen molar-refractivity contribution in [3.63, 3.8) is 0 Å². The molecule has 0 aliphatic carbocycles. The largest absolute Gasteiger partial charge is 0.371 e. The average Bonchev–Trinajstić information content (AvgIpc) is 2.67. The van der Waals surface area contributed by atoms with Crippen LogP contribution in [0.3, 0.4) is 0 Å². The van der Waals surface area contributed by atoms with Gasteiger partial charge in [0.15, 0.2) is 0 Å². The molecule has 1 aromatic carbocycles. The number of nitrogens with one attached hydrogen (secondary N) is 1. The normalized spacial score (nSPS) is 20.4. The van der Waals surface area contributed by atoms with E-state index in [9.17, 15) is 0 Å². The van der Waals surface area contributed by atoms with Gasteiger partial charge in [-0.05, 0) is 50.9 Å². The molecule has 0 radical (unpaired) electrons. The Bertz CT molecular complexity index is 340. The van der Waals surface area contributed by atoms with E-state index in [4.69, 9.17) is 0 Å². The quantitative estimate of drug-likeness (QED) is 0.838. The van der Waals surface area contributed by atoms with Crippen molar-refractivity contribution in [2.75, 3.05) is 31.6 Å². The van der Waals surface area contributed by atoms with Crippen molar-refractivity contribution in [3.05, 3.63) is 29.3 Å². The topological polar surface area (TPSA) is 15.3 Å². The highest BCUT2D eigenvalue weighted by Crippen LogP contribution is 2.29. The van der Waals surface area contributed by atoms with Crippen molar-refractivity contribution in [1.29, 1.82) is 0 Å². The molecule has 1 fully saturated rings. The molecule has 2 heteroatoms. The predicted molar refractivity (Wildman–Crippen MR) is 70.2 cm³/mol. The van der Waals surface area contributed by atoms with Crippen LogP contribution in [0.15, 0.2) is 18.2 Å². The van der Waals surface area contributed by atoms with E-state index in [1.807, 2.05) is 7.05 Å². The molecule has 88 valence electrons. The summed E-state index contributed by atoms with van der Waals surface area (Å²) in [7, 11) is 2.04. The molecule has 1 unspecified atom stereocenters. The number of rotatable bonds is 3. The molecule has 1 atom stereocenters. The van der Waals surface area contributed by atoms with Crippen molar-refractivity contribution in [1.82, 2.24) is 5.32 Å². The molecule has 1 aliphatic heterocycles. The van der Waals surface area contributed by atoms with Gasteiger partial charge in [-0.15, -0.1) is 0 Å². The Morgan fingerprint density at radius 1 is 1.31 bits per heavy atom. The van der Waals surface area contributed by atoms with E-state index in [-0.39, 0.29) is 0 Å². The van der Waals surface area contributed by atoms with Crippen LogP contribution in [0.1, 0.15) is 17.5 Å². The average molecular weight is 218 g/mol. The number of aryl methyl sites for hydroxylation is 2. The Morgan fingerprint density at radius 3 is 2.62 bits per heavy atom. The highest BCUT2D eigenvalue weighted by atomic mass is 15.2. The van der Waals surface area contributed by atoms with Crippen molar-refractivity contribution in [3.8, 4) is 0 Å². The Balaban J connectivity index is 2.14. The minimum Gasteiger partial charge on any atom is -0.371 e. The van der Waals surface area contributed by atoms with E-state index in [0.29, 0.717) is 0 Å². The first-order chi connectivity index (χ1) is 7.72. The first-order valence-corrected chi connectivity index (χ1v) is 6.18. The summed E-state index contributed by atoms with van der Waals surface area (Å²) >= 11 is 0. The van der Waals surface area contributed by atoms with Gasteiger partial charge in [0.2, 0.25) is 0 Å². The van der Waals surface area contributed by atoms with Gasteiger partial charge < -0.3 is 10.2 Å². The van der Waals surface area contributed by atoms with Crippen LogP contribution in [0.2, 0.25) is 0 Å². The van der Waals surface area contributed by atoms with Gasteiger partial charge in [-0.25, -0.2) is 0 Å². The number of para-hydroxylation sites is 1. The smallest absolute Gasteiger partial charge is 0.0425 e. The zero-order valence-corrected chi connectivity index (χ0v) is 10.6. The molecule has 1 N–H and O–H groups in total. The van der Waals surface area contributed by atoms with Crippen LogP contribution in [0.4, 0.5) is 5.69 Å². The van der Waals surface area contributed by atoms with E-state index in [2.05, 4.69) is 42.3 Å². The molecule has 2 rings (SSSR count). The van der Waals surface area contributed by atoms with Crippen LogP contribution in [0.5, 0.6) is 0 Å². The summed E-state index contributed by atoms with van der Waals surface area (Å²) in [5.41, 5.74) is 4.27. The van der Waals surface area contributed by atoms with Gasteiger partial charge in [-0.3, -0.25) is 0 Å². The molecule has 0 aromatic heterocycles. The SMILES string of the molecule is CNCC1CCN(c2c(C)cccc2C)C1. The van der Waals surface area contributed by atoms with Crippen LogP contribution in [-0.4, -0.2) is 26.7 Å². The summed E-state index contributed by atoms with van der Waals surface area (Å²) in [6, 6.07) is 6.58. The molecule has 1 saturated heterocycles. The summed E-state index contributed by atoms with van der Waals surface area (Å²) in [6.45, 7) is 7.98. The lowest BCUT2D eigenvalue weighted by Gasteiger charge is -2.23. The highest BCUT2D eigenvalue weighted by Gasteiger charge is 2.23.